The van der Waals surface area contributed by atoms with E-state index in [1.54, 1.807) is 31.2 Å². The van der Waals surface area contributed by atoms with E-state index >= 15 is 0 Å². The summed E-state index contributed by atoms with van der Waals surface area (Å²) in [4.78, 5) is 8.23. The molecule has 0 aliphatic heterocycles. The fraction of sp³-hybridized carbons (Fsp3) is 0.286. The highest BCUT2D eigenvalue weighted by molar-refractivity contribution is 7.92. The van der Waals surface area contributed by atoms with Gasteiger partial charge >= 0.3 is 0 Å². The van der Waals surface area contributed by atoms with Crippen molar-refractivity contribution in [2.24, 2.45) is 0 Å². The van der Waals surface area contributed by atoms with Crippen LogP contribution in [-0.4, -0.2) is 24.9 Å². The zero-order valence-corrected chi connectivity index (χ0v) is 13.0. The predicted octanol–water partition coefficient (Wildman–Crippen LogP) is 2.33. The van der Waals surface area contributed by atoms with Crippen molar-refractivity contribution < 1.29 is 8.42 Å². The van der Waals surface area contributed by atoms with Crippen molar-refractivity contribution in [2.45, 2.75) is 25.8 Å². The average molecular weight is 306 g/mol. The van der Waals surface area contributed by atoms with E-state index in [-0.39, 0.29) is 5.03 Å². The lowest BCUT2D eigenvalue weighted by Crippen LogP contribution is -2.17. The molecule has 0 aromatic carbocycles. The number of anilines is 2. The number of hydrogen-bond acceptors (Lipinski definition) is 5. The van der Waals surface area contributed by atoms with E-state index in [1.165, 1.54) is 6.20 Å². The molecule has 7 heteroatoms. The Morgan fingerprint density at radius 3 is 2.57 bits per heavy atom. The molecule has 0 atom stereocenters. The van der Waals surface area contributed by atoms with Gasteiger partial charge in [-0.05, 0) is 45.0 Å². The van der Waals surface area contributed by atoms with E-state index in [0.717, 1.165) is 5.69 Å². The van der Waals surface area contributed by atoms with Crippen molar-refractivity contribution in [3.8, 4) is 0 Å². The van der Waals surface area contributed by atoms with Crippen molar-refractivity contribution in [1.29, 1.82) is 0 Å². The van der Waals surface area contributed by atoms with Crippen LogP contribution in [0.15, 0.2) is 35.5 Å². The van der Waals surface area contributed by atoms with E-state index in [9.17, 15) is 8.42 Å². The van der Waals surface area contributed by atoms with Crippen LogP contribution in [0.2, 0.25) is 0 Å². The van der Waals surface area contributed by atoms with Crippen molar-refractivity contribution in [2.75, 3.05) is 16.6 Å². The summed E-state index contributed by atoms with van der Waals surface area (Å²) < 4.78 is 27.5. The Kier molecular flexibility index (Phi) is 4.42. The molecule has 2 aromatic rings. The van der Waals surface area contributed by atoms with E-state index in [0.29, 0.717) is 23.6 Å². The van der Waals surface area contributed by atoms with Crippen molar-refractivity contribution in [3.63, 3.8) is 0 Å². The maximum absolute atomic E-state index is 12.5. The molecule has 21 heavy (non-hydrogen) atoms. The number of aromatic nitrogens is 2. The lowest BCUT2D eigenvalue weighted by atomic mass is 10.3. The summed E-state index contributed by atoms with van der Waals surface area (Å²) in [7, 11) is -3.77. The Bertz CT molecular complexity index is 744. The number of pyridine rings is 2. The topological polar surface area (TPSA) is 84.0 Å². The summed E-state index contributed by atoms with van der Waals surface area (Å²) in [5.41, 5.74) is 2.39. The molecule has 6 nitrogen and oxygen atoms in total. The summed E-state index contributed by atoms with van der Waals surface area (Å²) in [6.07, 6.45) is 1.45. The average Bonchev–Trinajstić information content (AvgIpc) is 2.43. The van der Waals surface area contributed by atoms with Gasteiger partial charge in [-0.15, -0.1) is 0 Å². The summed E-state index contributed by atoms with van der Waals surface area (Å²) >= 11 is 0. The number of rotatable bonds is 5. The molecular weight excluding hydrogens is 288 g/mol. The van der Waals surface area contributed by atoms with Gasteiger partial charge in [0.2, 0.25) is 0 Å². The monoisotopic (exact) mass is 306 g/mol. The van der Waals surface area contributed by atoms with Crippen LogP contribution < -0.4 is 10.0 Å². The summed E-state index contributed by atoms with van der Waals surface area (Å²) in [6, 6.07) is 6.83. The summed E-state index contributed by atoms with van der Waals surface area (Å²) in [6.45, 7) is 6.12. The first-order valence-corrected chi connectivity index (χ1v) is 8.08. The number of nitrogens with one attached hydrogen (secondary N) is 2. The fourth-order valence-corrected chi connectivity index (χ4v) is 3.15. The highest BCUT2D eigenvalue weighted by Crippen LogP contribution is 2.22. The molecule has 2 N–H and O–H groups in total. The third-order valence-corrected chi connectivity index (χ3v) is 4.19. The van der Waals surface area contributed by atoms with Crippen LogP contribution in [0.5, 0.6) is 0 Å². The zero-order chi connectivity index (χ0) is 15.5. The Balaban J connectivity index is 2.39. The molecule has 0 aliphatic rings. The first-order valence-electron chi connectivity index (χ1n) is 6.60. The first-order chi connectivity index (χ1) is 9.94. The highest BCUT2D eigenvalue weighted by atomic mass is 32.2. The first kappa shape index (κ1) is 15.2. The van der Waals surface area contributed by atoms with Crippen LogP contribution in [-0.2, 0) is 10.0 Å². The third kappa shape index (κ3) is 3.49. The summed E-state index contributed by atoms with van der Waals surface area (Å²) in [5.74, 6) is 0. The van der Waals surface area contributed by atoms with Gasteiger partial charge in [-0.2, -0.15) is 8.42 Å². The molecule has 112 valence electrons. The quantitative estimate of drug-likeness (QED) is 0.885. The smallest absolute Gasteiger partial charge is 0.281 e. The van der Waals surface area contributed by atoms with Crippen LogP contribution in [0.4, 0.5) is 11.4 Å². The molecule has 0 aliphatic carbocycles. The molecule has 0 bridgehead atoms. The van der Waals surface area contributed by atoms with Gasteiger partial charge in [0.15, 0.2) is 5.03 Å². The number of sulfonamides is 1. The molecule has 2 aromatic heterocycles. The van der Waals surface area contributed by atoms with Gasteiger partial charge in [-0.1, -0.05) is 0 Å². The lowest BCUT2D eigenvalue weighted by molar-refractivity contribution is 0.598. The van der Waals surface area contributed by atoms with E-state index in [1.807, 2.05) is 13.8 Å². The molecule has 0 saturated heterocycles. The molecule has 0 saturated carbocycles. The minimum Gasteiger partial charge on any atom is -0.383 e. The van der Waals surface area contributed by atoms with Gasteiger partial charge < -0.3 is 5.32 Å². The molecule has 0 radical (unpaired) electrons. The molecule has 0 spiro atoms. The van der Waals surface area contributed by atoms with Gasteiger partial charge in [0, 0.05) is 18.4 Å². The third-order valence-electron chi connectivity index (χ3n) is 2.86. The molecular formula is C14H18N4O2S. The predicted molar refractivity (Wildman–Crippen MR) is 82.9 cm³/mol. The maximum atomic E-state index is 12.5. The Morgan fingerprint density at radius 1 is 1.14 bits per heavy atom. The Morgan fingerprint density at radius 2 is 1.90 bits per heavy atom. The van der Waals surface area contributed by atoms with E-state index in [4.69, 9.17) is 0 Å². The van der Waals surface area contributed by atoms with Crippen LogP contribution in [0, 0.1) is 13.8 Å². The molecule has 0 unspecified atom stereocenters. The minimum absolute atomic E-state index is 0.0215. The largest absolute Gasteiger partial charge is 0.383 e. The molecule has 2 rings (SSSR count). The molecule has 0 amide bonds. The van der Waals surface area contributed by atoms with Gasteiger partial charge in [0.25, 0.3) is 10.0 Å². The molecule has 0 fully saturated rings. The van der Waals surface area contributed by atoms with Gasteiger partial charge in [0.05, 0.1) is 17.1 Å². The second-order valence-corrected chi connectivity index (χ2v) is 6.18. The summed E-state index contributed by atoms with van der Waals surface area (Å²) in [5, 5.41) is 2.97. The SMILES string of the molecule is CCNc1cccnc1S(=O)(=O)Nc1ccc(C)nc1C. The van der Waals surface area contributed by atoms with Crippen LogP contribution >= 0.6 is 0 Å². The standard InChI is InChI=1S/C14H18N4O2S/c1-4-15-13-6-5-9-16-14(13)21(19,20)18-12-8-7-10(2)17-11(12)3/h5-9,15,18H,4H2,1-3H3. The molecule has 2 heterocycles. The Labute approximate surface area is 124 Å². The van der Waals surface area contributed by atoms with Gasteiger partial charge in [0.1, 0.15) is 0 Å². The van der Waals surface area contributed by atoms with Gasteiger partial charge in [-0.25, -0.2) is 4.98 Å². The zero-order valence-electron chi connectivity index (χ0n) is 12.2. The Hall–Kier alpha value is -2.15. The van der Waals surface area contributed by atoms with Crippen molar-refractivity contribution >= 4 is 21.4 Å². The highest BCUT2D eigenvalue weighted by Gasteiger charge is 2.21. The normalized spacial score (nSPS) is 11.2. The van der Waals surface area contributed by atoms with E-state index in [2.05, 4.69) is 20.0 Å². The fourth-order valence-electron chi connectivity index (χ4n) is 1.92. The van der Waals surface area contributed by atoms with Crippen LogP contribution in [0.1, 0.15) is 18.3 Å². The van der Waals surface area contributed by atoms with Crippen molar-refractivity contribution in [3.05, 3.63) is 41.9 Å². The number of aryl methyl sites for hydroxylation is 2. The number of hydrogen-bond donors (Lipinski definition) is 2. The van der Waals surface area contributed by atoms with Gasteiger partial charge in [-0.3, -0.25) is 9.71 Å². The lowest BCUT2D eigenvalue weighted by Gasteiger charge is -2.13. The van der Waals surface area contributed by atoms with Crippen LogP contribution in [0.3, 0.4) is 0 Å². The number of nitrogens with zero attached hydrogens (tertiary/aromatic N) is 2. The van der Waals surface area contributed by atoms with E-state index < -0.39 is 10.0 Å². The van der Waals surface area contributed by atoms with Crippen molar-refractivity contribution in [1.82, 2.24) is 9.97 Å². The maximum Gasteiger partial charge on any atom is 0.281 e. The minimum atomic E-state index is -3.77. The second kappa shape index (κ2) is 6.09. The second-order valence-electron chi connectivity index (χ2n) is 4.58. The van der Waals surface area contributed by atoms with Crippen LogP contribution in [0.25, 0.3) is 0 Å².